The van der Waals surface area contributed by atoms with Crippen LogP contribution in [-0.4, -0.2) is 34.8 Å². The summed E-state index contributed by atoms with van der Waals surface area (Å²) in [6, 6.07) is 1.78. The molecule has 0 aromatic carbocycles. The highest BCUT2D eigenvalue weighted by Gasteiger charge is 1.99. The lowest BCUT2D eigenvalue weighted by atomic mass is 10.4. The topological polar surface area (TPSA) is 41.4 Å². The third-order valence-corrected chi connectivity index (χ3v) is 1.61. The van der Waals surface area contributed by atoms with Crippen LogP contribution in [0.4, 0.5) is 5.95 Å². The maximum Gasteiger partial charge on any atom is 0.250 e. The van der Waals surface area contributed by atoms with Crippen molar-refractivity contribution in [2.75, 3.05) is 14.1 Å². The Hall–Kier alpha value is -1.45. The molecule has 0 bridgehead atoms. The Morgan fingerprint density at radius 2 is 2.00 bits per heavy atom. The molecule has 0 saturated heterocycles. The quantitative estimate of drug-likeness (QED) is 0.508. The molecule has 70 valence electrons. The molecular weight excluding hydrogens is 164 g/mol. The Morgan fingerprint density at radius 1 is 1.38 bits per heavy atom. The number of aromatic nitrogens is 2. The molecule has 1 heterocycles. The third-order valence-electron chi connectivity index (χ3n) is 1.61. The molecule has 0 aliphatic carbocycles. The van der Waals surface area contributed by atoms with Gasteiger partial charge in [-0.2, -0.15) is 4.99 Å². The molecule has 0 N–H and O–H groups in total. The van der Waals surface area contributed by atoms with Crippen molar-refractivity contribution in [3.8, 4) is 0 Å². The van der Waals surface area contributed by atoms with Crippen LogP contribution in [0.25, 0.3) is 0 Å². The normalized spacial score (nSPS) is 11.5. The van der Waals surface area contributed by atoms with Gasteiger partial charge in [0.2, 0.25) is 0 Å². The average molecular weight is 178 g/mol. The fourth-order valence-electron chi connectivity index (χ4n) is 0.960. The van der Waals surface area contributed by atoms with Gasteiger partial charge in [0.15, 0.2) is 0 Å². The predicted octanol–water partition coefficient (Wildman–Crippen LogP) is 1.48. The number of aliphatic imine (C=N–C) groups is 1. The first kappa shape index (κ1) is 9.64. The van der Waals surface area contributed by atoms with E-state index < -0.39 is 0 Å². The van der Waals surface area contributed by atoms with Crippen molar-refractivity contribution >= 4 is 11.8 Å². The van der Waals surface area contributed by atoms with Gasteiger partial charge in [0.1, 0.15) is 5.84 Å². The van der Waals surface area contributed by atoms with Crippen LogP contribution in [-0.2, 0) is 0 Å². The number of rotatable bonds is 2. The summed E-state index contributed by atoms with van der Waals surface area (Å²) >= 11 is 0. The van der Waals surface area contributed by atoms with E-state index in [0.29, 0.717) is 5.95 Å². The Bertz CT molecular complexity index is 279. The minimum Gasteiger partial charge on any atom is -0.366 e. The van der Waals surface area contributed by atoms with Crippen molar-refractivity contribution in [3.63, 3.8) is 0 Å². The summed E-state index contributed by atoms with van der Waals surface area (Å²) in [7, 11) is 3.93. The van der Waals surface area contributed by atoms with Crippen molar-refractivity contribution in [2.24, 2.45) is 4.99 Å². The van der Waals surface area contributed by atoms with Crippen LogP contribution in [0.1, 0.15) is 13.3 Å². The molecular formula is C9H14N4. The molecule has 1 rings (SSSR count). The highest BCUT2D eigenvalue weighted by atomic mass is 15.2. The van der Waals surface area contributed by atoms with Gasteiger partial charge in [0.25, 0.3) is 5.95 Å². The molecule has 1 aromatic rings. The van der Waals surface area contributed by atoms with Gasteiger partial charge in [0, 0.05) is 32.9 Å². The van der Waals surface area contributed by atoms with E-state index in [9.17, 15) is 0 Å². The van der Waals surface area contributed by atoms with E-state index in [1.807, 2.05) is 19.0 Å². The molecule has 0 aliphatic rings. The van der Waals surface area contributed by atoms with Gasteiger partial charge in [-0.3, -0.25) is 0 Å². The van der Waals surface area contributed by atoms with Crippen molar-refractivity contribution in [2.45, 2.75) is 13.3 Å². The van der Waals surface area contributed by atoms with Gasteiger partial charge in [-0.25, -0.2) is 9.97 Å². The minimum absolute atomic E-state index is 0.521. The van der Waals surface area contributed by atoms with Crippen LogP contribution >= 0.6 is 0 Å². The van der Waals surface area contributed by atoms with E-state index >= 15 is 0 Å². The summed E-state index contributed by atoms with van der Waals surface area (Å²) in [5.41, 5.74) is 0. The average Bonchev–Trinajstić information content (AvgIpc) is 2.15. The minimum atomic E-state index is 0.521. The maximum absolute atomic E-state index is 4.30. The van der Waals surface area contributed by atoms with Gasteiger partial charge in [-0.1, -0.05) is 6.92 Å². The van der Waals surface area contributed by atoms with Crippen LogP contribution < -0.4 is 0 Å². The van der Waals surface area contributed by atoms with Crippen LogP contribution in [0.3, 0.4) is 0 Å². The molecule has 4 nitrogen and oxygen atoms in total. The van der Waals surface area contributed by atoms with Crippen molar-refractivity contribution in [1.82, 2.24) is 14.9 Å². The zero-order valence-corrected chi connectivity index (χ0v) is 8.23. The first-order valence-electron chi connectivity index (χ1n) is 4.26. The van der Waals surface area contributed by atoms with Gasteiger partial charge in [-0.05, 0) is 6.07 Å². The van der Waals surface area contributed by atoms with Crippen molar-refractivity contribution in [1.29, 1.82) is 0 Å². The highest BCUT2D eigenvalue weighted by Crippen LogP contribution is 2.03. The second-order valence-corrected chi connectivity index (χ2v) is 2.82. The number of amidine groups is 1. The first-order valence-corrected chi connectivity index (χ1v) is 4.26. The lowest BCUT2D eigenvalue weighted by Crippen LogP contribution is -2.20. The molecule has 0 atom stereocenters. The van der Waals surface area contributed by atoms with E-state index in [2.05, 4.69) is 21.9 Å². The molecule has 0 fully saturated rings. The van der Waals surface area contributed by atoms with Gasteiger partial charge < -0.3 is 4.90 Å². The summed E-state index contributed by atoms with van der Waals surface area (Å²) in [5.74, 6) is 1.50. The number of nitrogens with zero attached hydrogens (tertiary/aromatic N) is 4. The van der Waals surface area contributed by atoms with Crippen molar-refractivity contribution in [3.05, 3.63) is 18.5 Å². The largest absolute Gasteiger partial charge is 0.366 e. The van der Waals surface area contributed by atoms with E-state index in [1.165, 1.54) is 0 Å². The lowest BCUT2D eigenvalue weighted by molar-refractivity contribution is 0.607. The second-order valence-electron chi connectivity index (χ2n) is 2.82. The SMILES string of the molecule is CC/C(=N\c1ncccn1)N(C)C. The van der Waals surface area contributed by atoms with Gasteiger partial charge >= 0.3 is 0 Å². The van der Waals surface area contributed by atoms with Gasteiger partial charge in [-0.15, -0.1) is 0 Å². The Balaban J connectivity index is 2.85. The Morgan fingerprint density at radius 3 is 2.46 bits per heavy atom. The zero-order valence-electron chi connectivity index (χ0n) is 8.23. The summed E-state index contributed by atoms with van der Waals surface area (Å²) in [6.45, 7) is 2.06. The predicted molar refractivity (Wildman–Crippen MR) is 53.1 cm³/mol. The van der Waals surface area contributed by atoms with Crippen molar-refractivity contribution < 1.29 is 0 Å². The third kappa shape index (κ3) is 2.82. The maximum atomic E-state index is 4.30. The van der Waals surface area contributed by atoms with Crippen LogP contribution in [0.15, 0.2) is 23.5 Å². The van der Waals surface area contributed by atoms with Gasteiger partial charge in [0.05, 0.1) is 0 Å². The van der Waals surface area contributed by atoms with Crippen LogP contribution in [0, 0.1) is 0 Å². The summed E-state index contributed by atoms with van der Waals surface area (Å²) in [4.78, 5) is 14.3. The molecule has 0 amide bonds. The summed E-state index contributed by atoms with van der Waals surface area (Å²) in [6.07, 6.45) is 4.26. The lowest BCUT2D eigenvalue weighted by Gasteiger charge is -2.12. The molecule has 1 aromatic heterocycles. The van der Waals surface area contributed by atoms with Crippen LogP contribution in [0.5, 0.6) is 0 Å². The molecule has 0 radical (unpaired) electrons. The molecule has 13 heavy (non-hydrogen) atoms. The van der Waals surface area contributed by atoms with E-state index in [1.54, 1.807) is 18.5 Å². The van der Waals surface area contributed by atoms with E-state index in [-0.39, 0.29) is 0 Å². The van der Waals surface area contributed by atoms with Crippen LogP contribution in [0.2, 0.25) is 0 Å². The molecule has 0 unspecified atom stereocenters. The summed E-state index contributed by atoms with van der Waals surface area (Å²) < 4.78 is 0. The standard InChI is InChI=1S/C9H14N4/c1-4-8(13(2)3)12-9-10-6-5-7-11-9/h5-7H,4H2,1-3H3/b12-8+. The van der Waals surface area contributed by atoms with E-state index in [4.69, 9.17) is 0 Å². The molecule has 0 saturated carbocycles. The second kappa shape index (κ2) is 4.54. The monoisotopic (exact) mass is 178 g/mol. The first-order chi connectivity index (χ1) is 6.24. The Labute approximate surface area is 78.4 Å². The fourth-order valence-corrected chi connectivity index (χ4v) is 0.960. The molecule has 0 aliphatic heterocycles. The highest BCUT2D eigenvalue weighted by molar-refractivity contribution is 5.83. The Kier molecular flexibility index (Phi) is 3.37. The number of hydrogen-bond donors (Lipinski definition) is 0. The zero-order chi connectivity index (χ0) is 9.68. The molecule has 4 heteroatoms. The van der Waals surface area contributed by atoms with E-state index in [0.717, 1.165) is 12.3 Å². The smallest absolute Gasteiger partial charge is 0.250 e. The molecule has 0 spiro atoms. The fraction of sp³-hybridized carbons (Fsp3) is 0.444. The number of hydrogen-bond acceptors (Lipinski definition) is 3. The summed E-state index contributed by atoms with van der Waals surface area (Å²) in [5, 5.41) is 0.